The number of aliphatic hydroxyl groups is 2. The molecule has 0 saturated heterocycles. The Balaban J connectivity index is 1.06. The Morgan fingerprint density at radius 1 is 0.500 bits per heavy atom. The van der Waals surface area contributed by atoms with Crippen LogP contribution in [0.4, 0.5) is 0 Å². The Morgan fingerprint density at radius 2 is 1.02 bits per heavy atom. The van der Waals surface area contributed by atoms with Gasteiger partial charge in [-0.05, 0) is 163 Å². The third-order valence-corrected chi connectivity index (χ3v) is 15.1. The maximum Gasteiger partial charge on any atom is 0.0959 e. The molecule has 8 saturated carbocycles. The van der Waals surface area contributed by atoms with Crippen molar-refractivity contribution in [1.82, 2.24) is 0 Å². The van der Waals surface area contributed by atoms with Gasteiger partial charge in [0.25, 0.3) is 0 Å². The van der Waals surface area contributed by atoms with E-state index >= 15 is 0 Å². The monoisotopic (exact) mass is 674 g/mol. The third kappa shape index (κ3) is 4.25. The van der Waals surface area contributed by atoms with Crippen molar-refractivity contribution in [1.29, 1.82) is 0 Å². The molecule has 48 heavy (non-hydrogen) atoms. The van der Waals surface area contributed by atoms with Gasteiger partial charge in [-0.25, -0.2) is 0 Å². The SMILES string of the molecule is OC1(c2ccccc2-c2ccccc2Cl)C2CC3CC1CC(C2)C3c1cccc(C2(O)C3CC4CC(C3)CC2C4)c1-c1ccc(Cl)cc1. The second kappa shape index (κ2) is 10.9. The van der Waals surface area contributed by atoms with E-state index in [0.29, 0.717) is 29.6 Å². The number of benzene rings is 4. The highest BCUT2D eigenvalue weighted by Crippen LogP contribution is 2.68. The van der Waals surface area contributed by atoms with E-state index in [2.05, 4.69) is 60.7 Å². The van der Waals surface area contributed by atoms with Crippen molar-refractivity contribution in [3.8, 4) is 22.3 Å². The normalized spacial score (nSPS) is 38.9. The van der Waals surface area contributed by atoms with Gasteiger partial charge in [-0.1, -0.05) is 96.0 Å². The van der Waals surface area contributed by atoms with Crippen LogP contribution in [-0.2, 0) is 11.2 Å². The molecule has 246 valence electrons. The molecule has 0 radical (unpaired) electrons. The van der Waals surface area contributed by atoms with Crippen molar-refractivity contribution < 1.29 is 10.2 Å². The highest BCUT2D eigenvalue weighted by molar-refractivity contribution is 6.33. The van der Waals surface area contributed by atoms with Crippen molar-refractivity contribution in [2.75, 3.05) is 0 Å². The van der Waals surface area contributed by atoms with E-state index in [9.17, 15) is 10.2 Å². The van der Waals surface area contributed by atoms with E-state index in [1.54, 1.807) is 0 Å². The van der Waals surface area contributed by atoms with Gasteiger partial charge in [0.05, 0.1) is 11.2 Å². The van der Waals surface area contributed by atoms with Gasteiger partial charge in [-0.15, -0.1) is 0 Å². The molecule has 2 nitrogen and oxygen atoms in total. The molecule has 8 aliphatic carbocycles. The van der Waals surface area contributed by atoms with E-state index in [-0.39, 0.29) is 11.8 Å². The molecule has 8 bridgehead atoms. The second-order valence-corrected chi connectivity index (χ2v) is 17.5. The van der Waals surface area contributed by atoms with Crippen molar-refractivity contribution in [2.45, 2.75) is 74.9 Å². The molecule has 8 aliphatic rings. The van der Waals surface area contributed by atoms with Crippen LogP contribution in [0, 0.1) is 47.3 Å². The van der Waals surface area contributed by atoms with Gasteiger partial charge in [0.1, 0.15) is 0 Å². The van der Waals surface area contributed by atoms with Crippen LogP contribution in [-0.4, -0.2) is 10.2 Å². The van der Waals surface area contributed by atoms with Crippen molar-refractivity contribution in [3.05, 3.63) is 118 Å². The Bertz CT molecular complexity index is 1840. The summed E-state index contributed by atoms with van der Waals surface area (Å²) in [7, 11) is 0. The van der Waals surface area contributed by atoms with E-state index in [4.69, 9.17) is 23.2 Å². The molecule has 2 N–H and O–H groups in total. The van der Waals surface area contributed by atoms with E-state index < -0.39 is 11.2 Å². The minimum absolute atomic E-state index is 0.218. The molecular weight excluding hydrogens is 631 g/mol. The maximum absolute atomic E-state index is 13.0. The van der Waals surface area contributed by atoms with Gasteiger partial charge in [0.2, 0.25) is 0 Å². The first-order valence-corrected chi connectivity index (χ1v) is 19.3. The fraction of sp³-hybridized carbons (Fsp3) is 0.455. The minimum Gasteiger partial charge on any atom is -0.385 e. The van der Waals surface area contributed by atoms with Gasteiger partial charge in [-0.3, -0.25) is 0 Å². The van der Waals surface area contributed by atoms with E-state index in [1.807, 2.05) is 30.3 Å². The van der Waals surface area contributed by atoms with Crippen LogP contribution in [0.1, 0.15) is 80.4 Å². The summed E-state index contributed by atoms with van der Waals surface area (Å²) in [6.07, 6.45) is 10.1. The van der Waals surface area contributed by atoms with Gasteiger partial charge in [-0.2, -0.15) is 0 Å². The molecule has 8 fully saturated rings. The Hall–Kier alpha value is -2.62. The summed E-state index contributed by atoms with van der Waals surface area (Å²) in [5, 5.41) is 27.4. The average molecular weight is 676 g/mol. The molecule has 0 aromatic heterocycles. The van der Waals surface area contributed by atoms with Crippen molar-refractivity contribution in [2.24, 2.45) is 47.3 Å². The summed E-state index contributed by atoms with van der Waals surface area (Å²) in [5.41, 5.74) is 6.56. The second-order valence-electron chi connectivity index (χ2n) is 16.6. The summed E-state index contributed by atoms with van der Waals surface area (Å²) in [4.78, 5) is 0. The zero-order chi connectivity index (χ0) is 32.4. The highest BCUT2D eigenvalue weighted by atomic mass is 35.5. The van der Waals surface area contributed by atoms with Gasteiger partial charge in [0, 0.05) is 15.6 Å². The first-order valence-electron chi connectivity index (χ1n) is 18.5. The van der Waals surface area contributed by atoms with Gasteiger partial charge >= 0.3 is 0 Å². The van der Waals surface area contributed by atoms with Crippen molar-refractivity contribution in [3.63, 3.8) is 0 Å². The molecule has 4 heteroatoms. The molecule has 4 aromatic rings. The van der Waals surface area contributed by atoms with Crippen LogP contribution in [0.5, 0.6) is 0 Å². The molecule has 0 amide bonds. The Morgan fingerprint density at radius 3 is 1.65 bits per heavy atom. The number of rotatable bonds is 5. The van der Waals surface area contributed by atoms with E-state index in [0.717, 1.165) is 64.3 Å². The van der Waals surface area contributed by atoms with Crippen LogP contribution in [0.25, 0.3) is 22.3 Å². The molecule has 0 spiro atoms. The lowest BCUT2D eigenvalue weighted by Gasteiger charge is -2.62. The molecule has 4 aromatic carbocycles. The molecule has 0 aliphatic heterocycles. The Kier molecular flexibility index (Phi) is 6.89. The van der Waals surface area contributed by atoms with Gasteiger partial charge < -0.3 is 10.2 Å². The molecule has 0 unspecified atom stereocenters. The smallest absolute Gasteiger partial charge is 0.0959 e. The zero-order valence-corrected chi connectivity index (χ0v) is 28.9. The largest absolute Gasteiger partial charge is 0.385 e. The number of hydrogen-bond donors (Lipinski definition) is 2. The first-order chi connectivity index (χ1) is 23.3. The zero-order valence-electron chi connectivity index (χ0n) is 27.4. The maximum atomic E-state index is 13.0. The molecular formula is C44H44Cl2O2. The van der Waals surface area contributed by atoms with Crippen LogP contribution in [0.3, 0.4) is 0 Å². The predicted octanol–water partition coefficient (Wildman–Crippen LogP) is 11.0. The van der Waals surface area contributed by atoms with Crippen LogP contribution in [0.15, 0.2) is 91.0 Å². The summed E-state index contributed by atoms with van der Waals surface area (Å²) in [5.74, 6) is 4.16. The first kappa shape index (κ1) is 30.2. The lowest BCUT2D eigenvalue weighted by atomic mass is 9.44. The standard InChI is InChI=1S/C44H44Cl2O2/c45-34-14-12-27(13-15-34)42-37(8-5-10-39(42)44(48)30-17-25-16-26(19-30)20-31(44)18-25)41-28-21-32-23-29(41)24-33(22-28)43(32,47)38-9-3-1-6-35(38)36-7-2-4-11-40(36)46/h1-15,25-26,28-33,41,47-48H,16-24H2. The number of halogens is 2. The molecule has 0 atom stereocenters. The highest BCUT2D eigenvalue weighted by Gasteiger charge is 2.62. The van der Waals surface area contributed by atoms with E-state index in [1.165, 1.54) is 54.4 Å². The fourth-order valence-electron chi connectivity index (χ4n) is 13.0. The minimum atomic E-state index is -0.857. The molecule has 0 heterocycles. The van der Waals surface area contributed by atoms with Gasteiger partial charge in [0.15, 0.2) is 0 Å². The lowest BCUT2D eigenvalue weighted by Crippen LogP contribution is -2.58. The topological polar surface area (TPSA) is 40.5 Å². The third-order valence-electron chi connectivity index (χ3n) is 14.5. The summed E-state index contributed by atoms with van der Waals surface area (Å²) < 4.78 is 0. The summed E-state index contributed by atoms with van der Waals surface area (Å²) >= 11 is 13.2. The fourth-order valence-corrected chi connectivity index (χ4v) is 13.4. The van der Waals surface area contributed by atoms with Crippen LogP contribution in [0.2, 0.25) is 10.0 Å². The molecule has 12 rings (SSSR count). The van der Waals surface area contributed by atoms with Crippen LogP contribution < -0.4 is 0 Å². The predicted molar refractivity (Wildman–Crippen MR) is 194 cm³/mol. The quantitative estimate of drug-likeness (QED) is 0.221. The van der Waals surface area contributed by atoms with Crippen LogP contribution >= 0.6 is 23.2 Å². The Labute approximate surface area is 294 Å². The average Bonchev–Trinajstić information content (AvgIpc) is 3.09. The lowest BCUT2D eigenvalue weighted by molar-refractivity contribution is -0.186. The summed E-state index contributed by atoms with van der Waals surface area (Å²) in [6, 6.07) is 31.8. The number of hydrogen-bond acceptors (Lipinski definition) is 2. The summed E-state index contributed by atoms with van der Waals surface area (Å²) in [6.45, 7) is 0. The van der Waals surface area contributed by atoms with Crippen molar-refractivity contribution >= 4 is 23.2 Å².